The number of benzene rings is 1. The van der Waals surface area contributed by atoms with Crippen molar-refractivity contribution in [1.82, 2.24) is 0 Å². The summed E-state index contributed by atoms with van der Waals surface area (Å²) in [6, 6.07) is 18.4. The molecule has 0 nitrogen and oxygen atoms in total. The summed E-state index contributed by atoms with van der Waals surface area (Å²) in [5.41, 5.74) is 5.99. The van der Waals surface area contributed by atoms with Crippen molar-refractivity contribution in [3.8, 4) is 29.9 Å². The molecule has 0 aliphatic carbocycles. The van der Waals surface area contributed by atoms with Crippen LogP contribution in [0.2, 0.25) is 0 Å². The lowest BCUT2D eigenvalue weighted by Crippen LogP contribution is -1.95. The fourth-order valence-corrected chi connectivity index (χ4v) is 8.68. The van der Waals surface area contributed by atoms with Gasteiger partial charge in [-0.25, -0.2) is 0 Å². The minimum Gasteiger partial charge on any atom is -0.140 e. The van der Waals surface area contributed by atoms with E-state index in [1.54, 1.807) is 20.9 Å². The van der Waals surface area contributed by atoms with Gasteiger partial charge in [0.15, 0.2) is 0 Å². The Labute approximate surface area is 237 Å². The summed E-state index contributed by atoms with van der Waals surface area (Å²) in [6.07, 6.45) is 15.9. The third-order valence-electron chi connectivity index (χ3n) is 7.31. The molecule has 3 aromatic heterocycles. The van der Waals surface area contributed by atoms with Gasteiger partial charge in [-0.05, 0) is 80.5 Å². The van der Waals surface area contributed by atoms with Gasteiger partial charge in [-0.15, -0.1) is 34.0 Å². The van der Waals surface area contributed by atoms with Crippen LogP contribution in [0.4, 0.5) is 0 Å². The predicted molar refractivity (Wildman–Crippen MR) is 171 cm³/mol. The Morgan fingerprint density at radius 2 is 1.00 bits per heavy atom. The lowest BCUT2D eigenvalue weighted by Gasteiger charge is -2.09. The van der Waals surface area contributed by atoms with Crippen LogP contribution >= 0.6 is 34.0 Å². The first-order valence-corrected chi connectivity index (χ1v) is 16.9. The van der Waals surface area contributed by atoms with Crippen LogP contribution in [0, 0.1) is 13.8 Å². The SMILES string of the molecule is CCCCCCCc1c(-c2ccc(C)s2)sc(-c2ccc(-c3ccc(C)cc3)s2)c1CCCCCCC. The van der Waals surface area contributed by atoms with Crippen LogP contribution in [-0.4, -0.2) is 0 Å². The maximum absolute atomic E-state index is 2.39. The van der Waals surface area contributed by atoms with E-state index in [1.807, 2.05) is 22.7 Å². The largest absolute Gasteiger partial charge is 0.140 e. The lowest BCUT2D eigenvalue weighted by atomic mass is 9.96. The first-order valence-electron chi connectivity index (χ1n) is 14.5. The van der Waals surface area contributed by atoms with Crippen molar-refractivity contribution >= 4 is 34.0 Å². The van der Waals surface area contributed by atoms with E-state index in [-0.39, 0.29) is 0 Å². The van der Waals surface area contributed by atoms with Gasteiger partial charge in [0.1, 0.15) is 0 Å². The Hall–Kier alpha value is -1.68. The number of hydrogen-bond donors (Lipinski definition) is 0. The van der Waals surface area contributed by atoms with Crippen molar-refractivity contribution in [2.45, 2.75) is 105 Å². The summed E-state index contributed by atoms with van der Waals surface area (Å²) >= 11 is 6.02. The van der Waals surface area contributed by atoms with Crippen LogP contribution in [0.15, 0.2) is 48.5 Å². The van der Waals surface area contributed by atoms with E-state index in [9.17, 15) is 0 Å². The topological polar surface area (TPSA) is 0 Å². The van der Waals surface area contributed by atoms with Gasteiger partial charge in [0.2, 0.25) is 0 Å². The standard InChI is InChI=1S/C34H44S3/c1-5-7-9-11-13-15-28-29(16-14-12-10-8-6-2)34(37-33(28)31-22-19-26(4)35-31)32-24-23-30(36-32)27-20-17-25(3)18-21-27/h17-24H,5-16H2,1-4H3. The maximum Gasteiger partial charge on any atom is 0.0484 e. The quantitative estimate of drug-likeness (QED) is 0.130. The molecule has 0 atom stereocenters. The molecule has 3 heterocycles. The molecule has 4 aromatic rings. The molecule has 0 aliphatic rings. The molecule has 0 N–H and O–H groups in total. The fraction of sp³-hybridized carbons (Fsp3) is 0.471. The summed E-state index contributed by atoms with van der Waals surface area (Å²) < 4.78 is 0. The lowest BCUT2D eigenvalue weighted by molar-refractivity contribution is 0.622. The molecule has 0 aliphatic heterocycles. The maximum atomic E-state index is 2.39. The van der Waals surface area contributed by atoms with Gasteiger partial charge in [-0.1, -0.05) is 95.0 Å². The minimum absolute atomic E-state index is 1.22. The Bertz CT molecular complexity index is 1220. The zero-order chi connectivity index (χ0) is 26.0. The first-order chi connectivity index (χ1) is 18.1. The summed E-state index contributed by atoms with van der Waals surface area (Å²) in [7, 11) is 0. The number of thiophene rings is 3. The molecule has 0 spiro atoms. The van der Waals surface area contributed by atoms with E-state index in [0.717, 1.165) is 0 Å². The second-order valence-corrected chi connectivity index (χ2v) is 13.9. The Balaban J connectivity index is 1.69. The minimum atomic E-state index is 1.22. The van der Waals surface area contributed by atoms with E-state index in [4.69, 9.17) is 0 Å². The van der Waals surface area contributed by atoms with Crippen LogP contribution < -0.4 is 0 Å². The van der Waals surface area contributed by atoms with Crippen molar-refractivity contribution in [3.63, 3.8) is 0 Å². The molecule has 0 saturated carbocycles. The molecule has 1 aromatic carbocycles. The summed E-state index contributed by atoms with van der Waals surface area (Å²) in [5, 5.41) is 0. The predicted octanol–water partition coefficient (Wildman–Crippen LogP) is 12.5. The van der Waals surface area contributed by atoms with Crippen LogP contribution in [-0.2, 0) is 12.8 Å². The molecule has 198 valence electrons. The van der Waals surface area contributed by atoms with Crippen molar-refractivity contribution in [1.29, 1.82) is 0 Å². The van der Waals surface area contributed by atoms with Gasteiger partial charge in [-0.2, -0.15) is 0 Å². The van der Waals surface area contributed by atoms with Crippen molar-refractivity contribution in [3.05, 3.63) is 70.1 Å². The molecule has 0 radical (unpaired) electrons. The number of aryl methyl sites for hydroxylation is 2. The molecule has 4 rings (SSSR count). The Kier molecular flexibility index (Phi) is 11.1. The van der Waals surface area contributed by atoms with Crippen LogP contribution in [0.5, 0.6) is 0 Å². The number of rotatable bonds is 15. The van der Waals surface area contributed by atoms with Gasteiger partial charge in [-0.3, -0.25) is 0 Å². The summed E-state index contributed by atoms with van der Waals surface area (Å²) in [5.74, 6) is 0. The van der Waals surface area contributed by atoms with Crippen molar-refractivity contribution < 1.29 is 0 Å². The highest BCUT2D eigenvalue weighted by Gasteiger charge is 2.22. The molecular weight excluding hydrogens is 505 g/mol. The van der Waals surface area contributed by atoms with E-state index in [1.165, 1.54) is 108 Å². The number of hydrogen-bond acceptors (Lipinski definition) is 3. The zero-order valence-corrected chi connectivity index (χ0v) is 25.8. The molecule has 0 fully saturated rings. The van der Waals surface area contributed by atoms with Crippen molar-refractivity contribution in [2.24, 2.45) is 0 Å². The summed E-state index contributed by atoms with van der Waals surface area (Å²) in [6.45, 7) is 9.03. The molecule has 37 heavy (non-hydrogen) atoms. The summed E-state index contributed by atoms with van der Waals surface area (Å²) in [4.78, 5) is 8.82. The van der Waals surface area contributed by atoms with E-state index in [0.29, 0.717) is 0 Å². The third kappa shape index (κ3) is 7.68. The second kappa shape index (κ2) is 14.5. The highest BCUT2D eigenvalue weighted by atomic mass is 32.1. The molecule has 0 amide bonds. The average molecular weight is 549 g/mol. The smallest absolute Gasteiger partial charge is 0.0484 e. The van der Waals surface area contributed by atoms with E-state index in [2.05, 4.69) is 87.6 Å². The van der Waals surface area contributed by atoms with Crippen LogP contribution in [0.1, 0.15) is 99.6 Å². The van der Waals surface area contributed by atoms with Gasteiger partial charge >= 0.3 is 0 Å². The monoisotopic (exact) mass is 548 g/mol. The highest BCUT2D eigenvalue weighted by molar-refractivity contribution is 7.27. The van der Waals surface area contributed by atoms with Gasteiger partial charge < -0.3 is 0 Å². The zero-order valence-electron chi connectivity index (χ0n) is 23.3. The van der Waals surface area contributed by atoms with Gasteiger partial charge in [0.25, 0.3) is 0 Å². The highest BCUT2D eigenvalue weighted by Crippen LogP contribution is 2.48. The fourth-order valence-electron chi connectivity index (χ4n) is 5.13. The van der Waals surface area contributed by atoms with Crippen LogP contribution in [0.3, 0.4) is 0 Å². The molecular formula is C34H44S3. The van der Waals surface area contributed by atoms with Gasteiger partial charge in [0.05, 0.1) is 0 Å². The molecule has 0 unspecified atom stereocenters. The first kappa shape index (κ1) is 28.3. The molecule has 0 bridgehead atoms. The van der Waals surface area contributed by atoms with E-state index < -0.39 is 0 Å². The average Bonchev–Trinajstić information content (AvgIpc) is 3.63. The molecule has 0 saturated heterocycles. The normalized spacial score (nSPS) is 11.5. The number of unbranched alkanes of at least 4 members (excludes halogenated alkanes) is 8. The Morgan fingerprint density at radius 3 is 1.54 bits per heavy atom. The van der Waals surface area contributed by atoms with Crippen molar-refractivity contribution in [2.75, 3.05) is 0 Å². The molecule has 3 heteroatoms. The van der Waals surface area contributed by atoms with E-state index >= 15 is 0 Å². The Morgan fingerprint density at radius 1 is 0.486 bits per heavy atom. The van der Waals surface area contributed by atoms with Crippen LogP contribution in [0.25, 0.3) is 29.9 Å². The van der Waals surface area contributed by atoms with Gasteiger partial charge in [0, 0.05) is 29.3 Å². The third-order valence-corrected chi connectivity index (χ3v) is 11.1. The second-order valence-electron chi connectivity index (χ2n) is 10.5.